The summed E-state index contributed by atoms with van der Waals surface area (Å²) < 4.78 is 0. The first-order chi connectivity index (χ1) is 11.9. The third-order valence-corrected chi connectivity index (χ3v) is 4.81. The molecule has 1 saturated heterocycles. The van der Waals surface area contributed by atoms with Crippen molar-refractivity contribution >= 4 is 17.8 Å². The van der Waals surface area contributed by atoms with Gasteiger partial charge in [0.25, 0.3) is 0 Å². The molecular weight excluding hydrogens is 320 g/mol. The smallest absolute Gasteiger partial charge is 0.308 e. The van der Waals surface area contributed by atoms with E-state index in [1.165, 1.54) is 6.92 Å². The summed E-state index contributed by atoms with van der Waals surface area (Å²) in [6, 6.07) is 9.69. The van der Waals surface area contributed by atoms with E-state index in [4.69, 9.17) is 0 Å². The zero-order valence-corrected chi connectivity index (χ0v) is 14.9. The monoisotopic (exact) mass is 346 g/mol. The third-order valence-electron chi connectivity index (χ3n) is 4.81. The molecule has 0 spiro atoms. The number of hydrogen-bond acceptors (Lipinski definition) is 3. The van der Waals surface area contributed by atoms with Gasteiger partial charge in [0.1, 0.15) is 0 Å². The number of nitrogens with zero attached hydrogens (tertiary/aromatic N) is 2. The Morgan fingerprint density at radius 1 is 1.20 bits per heavy atom. The molecule has 0 aromatic heterocycles. The van der Waals surface area contributed by atoms with Crippen LogP contribution in [0.4, 0.5) is 0 Å². The molecule has 1 heterocycles. The summed E-state index contributed by atoms with van der Waals surface area (Å²) in [6.07, 6.45) is 1.51. The summed E-state index contributed by atoms with van der Waals surface area (Å²) in [5.41, 5.74) is 1.02. The van der Waals surface area contributed by atoms with E-state index in [0.717, 1.165) is 5.56 Å². The van der Waals surface area contributed by atoms with Gasteiger partial charge in [-0.25, -0.2) is 0 Å². The lowest BCUT2D eigenvalue weighted by atomic mass is 9.93. The van der Waals surface area contributed by atoms with Crippen LogP contribution in [0.25, 0.3) is 0 Å². The van der Waals surface area contributed by atoms with Crippen molar-refractivity contribution in [3.63, 3.8) is 0 Å². The highest BCUT2D eigenvalue weighted by Crippen LogP contribution is 2.23. The van der Waals surface area contributed by atoms with Crippen molar-refractivity contribution in [2.75, 3.05) is 13.1 Å². The molecule has 1 fully saturated rings. The van der Waals surface area contributed by atoms with E-state index < -0.39 is 11.9 Å². The molecule has 0 bridgehead atoms. The van der Waals surface area contributed by atoms with Gasteiger partial charge >= 0.3 is 5.97 Å². The number of carbonyl (C=O) groups excluding carboxylic acids is 2. The lowest BCUT2D eigenvalue weighted by molar-refractivity contribution is -0.147. The molecule has 0 aliphatic carbocycles. The fraction of sp³-hybridized carbons (Fsp3) is 0.526. The molecule has 136 valence electrons. The topological polar surface area (TPSA) is 77.9 Å². The van der Waals surface area contributed by atoms with E-state index in [-0.39, 0.29) is 30.8 Å². The molecule has 1 aromatic carbocycles. The fourth-order valence-corrected chi connectivity index (χ4v) is 3.18. The highest BCUT2D eigenvalue weighted by molar-refractivity contribution is 5.79. The molecule has 1 aliphatic rings. The fourth-order valence-electron chi connectivity index (χ4n) is 3.18. The minimum absolute atomic E-state index is 0.0444. The van der Waals surface area contributed by atoms with E-state index in [1.807, 2.05) is 37.3 Å². The average molecular weight is 346 g/mol. The van der Waals surface area contributed by atoms with Gasteiger partial charge in [-0.15, -0.1) is 0 Å². The number of piperidine rings is 1. The highest BCUT2D eigenvalue weighted by atomic mass is 16.4. The first-order valence-corrected chi connectivity index (χ1v) is 8.70. The van der Waals surface area contributed by atoms with Gasteiger partial charge in [-0.05, 0) is 25.3 Å². The maximum atomic E-state index is 12.6. The van der Waals surface area contributed by atoms with Crippen LogP contribution in [-0.2, 0) is 20.9 Å². The SMILES string of the molecule is CC(=O)N(CCC(=O)N1CC(C(=O)O)CCC1C)Cc1ccccc1. The molecule has 2 amide bonds. The predicted octanol–water partition coefficient (Wildman–Crippen LogP) is 2.14. The van der Waals surface area contributed by atoms with Crippen LogP contribution in [0.1, 0.15) is 38.7 Å². The van der Waals surface area contributed by atoms with Crippen LogP contribution in [0.15, 0.2) is 30.3 Å². The second-order valence-electron chi connectivity index (χ2n) is 6.68. The number of hydrogen-bond donors (Lipinski definition) is 1. The second-order valence-corrected chi connectivity index (χ2v) is 6.68. The molecule has 1 aromatic rings. The maximum Gasteiger partial charge on any atom is 0.308 e. The molecular formula is C19H26N2O4. The van der Waals surface area contributed by atoms with Crippen molar-refractivity contribution in [2.24, 2.45) is 5.92 Å². The van der Waals surface area contributed by atoms with Gasteiger partial charge in [0.2, 0.25) is 11.8 Å². The summed E-state index contributed by atoms with van der Waals surface area (Å²) in [5.74, 6) is -1.50. The van der Waals surface area contributed by atoms with Crippen molar-refractivity contribution in [1.29, 1.82) is 0 Å². The van der Waals surface area contributed by atoms with Crippen LogP contribution >= 0.6 is 0 Å². The second kappa shape index (κ2) is 8.65. The zero-order valence-electron chi connectivity index (χ0n) is 14.9. The first-order valence-electron chi connectivity index (χ1n) is 8.70. The summed E-state index contributed by atoms with van der Waals surface area (Å²) in [6.45, 7) is 4.51. The Bertz CT molecular complexity index is 617. The molecule has 6 heteroatoms. The molecule has 2 atom stereocenters. The molecule has 1 N–H and O–H groups in total. The molecule has 2 unspecified atom stereocenters. The van der Waals surface area contributed by atoms with E-state index in [2.05, 4.69) is 0 Å². The minimum atomic E-state index is -0.848. The van der Waals surface area contributed by atoms with Crippen LogP contribution in [0.2, 0.25) is 0 Å². The number of carbonyl (C=O) groups is 3. The zero-order chi connectivity index (χ0) is 18.4. The Balaban J connectivity index is 1.93. The Morgan fingerprint density at radius 3 is 2.48 bits per heavy atom. The van der Waals surface area contributed by atoms with Gasteiger partial charge in [-0.1, -0.05) is 30.3 Å². The van der Waals surface area contributed by atoms with E-state index in [9.17, 15) is 19.5 Å². The number of carboxylic acid groups (broad SMARTS) is 1. The number of amides is 2. The highest BCUT2D eigenvalue weighted by Gasteiger charge is 2.32. The van der Waals surface area contributed by atoms with Crippen LogP contribution in [-0.4, -0.2) is 51.8 Å². The van der Waals surface area contributed by atoms with Gasteiger partial charge in [-0.2, -0.15) is 0 Å². The van der Waals surface area contributed by atoms with Crippen LogP contribution in [0.5, 0.6) is 0 Å². The normalized spacial score (nSPS) is 20.2. The average Bonchev–Trinajstić information content (AvgIpc) is 2.59. The number of benzene rings is 1. The standard InChI is InChI=1S/C19H26N2O4/c1-14-8-9-17(19(24)25)13-21(14)18(23)10-11-20(15(2)22)12-16-6-4-3-5-7-16/h3-7,14,17H,8-13H2,1-2H3,(H,24,25). The Hall–Kier alpha value is -2.37. The number of likely N-dealkylation sites (tertiary alicyclic amines) is 1. The number of rotatable bonds is 6. The quantitative estimate of drug-likeness (QED) is 0.856. The summed E-state index contributed by atoms with van der Waals surface area (Å²) >= 11 is 0. The van der Waals surface area contributed by atoms with Crippen molar-refractivity contribution in [1.82, 2.24) is 9.80 Å². The van der Waals surface area contributed by atoms with E-state index >= 15 is 0 Å². The minimum Gasteiger partial charge on any atom is -0.481 e. The number of carboxylic acids is 1. The Morgan fingerprint density at radius 2 is 1.88 bits per heavy atom. The lowest BCUT2D eigenvalue weighted by Crippen LogP contribution is -2.48. The molecule has 0 radical (unpaired) electrons. The van der Waals surface area contributed by atoms with Gasteiger partial charge in [0, 0.05) is 39.0 Å². The van der Waals surface area contributed by atoms with Gasteiger partial charge in [0.05, 0.1) is 5.92 Å². The summed E-state index contributed by atoms with van der Waals surface area (Å²) in [4.78, 5) is 38.9. The third kappa shape index (κ3) is 5.31. The van der Waals surface area contributed by atoms with Crippen LogP contribution in [0.3, 0.4) is 0 Å². The first kappa shape index (κ1) is 19.0. The van der Waals surface area contributed by atoms with Crippen molar-refractivity contribution < 1.29 is 19.5 Å². The van der Waals surface area contributed by atoms with Crippen LogP contribution in [0, 0.1) is 5.92 Å². The molecule has 1 aliphatic heterocycles. The van der Waals surface area contributed by atoms with Crippen molar-refractivity contribution in [2.45, 2.75) is 45.7 Å². The van der Waals surface area contributed by atoms with Crippen LogP contribution < -0.4 is 0 Å². The summed E-state index contributed by atoms with van der Waals surface area (Å²) in [7, 11) is 0. The molecule has 0 saturated carbocycles. The Kier molecular flexibility index (Phi) is 6.56. The lowest BCUT2D eigenvalue weighted by Gasteiger charge is -2.37. The summed E-state index contributed by atoms with van der Waals surface area (Å²) in [5, 5.41) is 9.19. The van der Waals surface area contributed by atoms with E-state index in [1.54, 1.807) is 9.80 Å². The maximum absolute atomic E-state index is 12.6. The van der Waals surface area contributed by atoms with Crippen molar-refractivity contribution in [3.8, 4) is 0 Å². The molecule has 2 rings (SSSR count). The molecule has 6 nitrogen and oxygen atoms in total. The number of aliphatic carboxylic acids is 1. The van der Waals surface area contributed by atoms with Gasteiger partial charge < -0.3 is 14.9 Å². The van der Waals surface area contributed by atoms with Crippen molar-refractivity contribution in [3.05, 3.63) is 35.9 Å². The molecule has 25 heavy (non-hydrogen) atoms. The predicted molar refractivity (Wildman–Crippen MR) is 93.7 cm³/mol. The Labute approximate surface area is 148 Å². The largest absolute Gasteiger partial charge is 0.481 e. The van der Waals surface area contributed by atoms with Gasteiger partial charge in [0.15, 0.2) is 0 Å². The van der Waals surface area contributed by atoms with E-state index in [0.29, 0.717) is 25.9 Å². The van der Waals surface area contributed by atoms with Gasteiger partial charge in [-0.3, -0.25) is 14.4 Å².